The zero-order chi connectivity index (χ0) is 14.7. The van der Waals surface area contributed by atoms with Gasteiger partial charge in [-0.25, -0.2) is 4.98 Å². The fourth-order valence-electron chi connectivity index (χ4n) is 1.59. The van der Waals surface area contributed by atoms with Crippen molar-refractivity contribution in [1.29, 1.82) is 0 Å². The van der Waals surface area contributed by atoms with Crippen molar-refractivity contribution < 1.29 is 9.72 Å². The quantitative estimate of drug-likeness (QED) is 0.675. The summed E-state index contributed by atoms with van der Waals surface area (Å²) in [5.74, 6) is 0.121. The Bertz CT molecular complexity index is 652. The van der Waals surface area contributed by atoms with Crippen molar-refractivity contribution in [3.8, 4) is 0 Å². The molecule has 0 aliphatic heterocycles. The number of carbonyl (C=O) groups excluding carboxylic acids is 1. The molecule has 0 saturated heterocycles. The lowest BCUT2D eigenvalue weighted by Gasteiger charge is -2.12. The minimum atomic E-state index is -0.676. The summed E-state index contributed by atoms with van der Waals surface area (Å²) in [6.07, 6.45) is 3.90. The molecule has 2 aromatic rings. The molecule has 0 aliphatic rings. The maximum atomic E-state index is 12.1. The van der Waals surface area contributed by atoms with Crippen molar-refractivity contribution in [3.63, 3.8) is 0 Å². The number of pyridine rings is 1. The van der Waals surface area contributed by atoms with E-state index in [1.807, 2.05) is 13.0 Å². The first-order valence-corrected chi connectivity index (χ1v) is 5.90. The Morgan fingerprint density at radius 3 is 2.90 bits per heavy atom. The molecule has 0 aliphatic carbocycles. The van der Waals surface area contributed by atoms with E-state index >= 15 is 0 Å². The highest BCUT2D eigenvalue weighted by Gasteiger charge is 2.19. The van der Waals surface area contributed by atoms with Gasteiger partial charge in [0.2, 0.25) is 5.91 Å². The van der Waals surface area contributed by atoms with Crippen LogP contribution in [0.1, 0.15) is 18.5 Å². The second-order valence-corrected chi connectivity index (χ2v) is 4.27. The van der Waals surface area contributed by atoms with Crippen LogP contribution in [0, 0.1) is 17.0 Å². The Hall–Kier alpha value is -2.77. The van der Waals surface area contributed by atoms with Crippen LogP contribution in [0.15, 0.2) is 30.7 Å². The fraction of sp³-hybridized carbons (Fsp3) is 0.250. The number of nitrogens with one attached hydrogen (secondary N) is 1. The zero-order valence-electron chi connectivity index (χ0n) is 11.0. The zero-order valence-corrected chi connectivity index (χ0v) is 11.0. The van der Waals surface area contributed by atoms with Crippen LogP contribution >= 0.6 is 0 Å². The van der Waals surface area contributed by atoms with Crippen LogP contribution in [-0.4, -0.2) is 25.6 Å². The van der Waals surface area contributed by atoms with Crippen molar-refractivity contribution in [1.82, 2.24) is 14.8 Å². The summed E-state index contributed by atoms with van der Waals surface area (Å²) in [7, 11) is 0. The SMILES string of the molecule is Cc1cccnc1NC(=O)[C@H](C)n1cc([N+](=O)[O-])cn1. The van der Waals surface area contributed by atoms with Crippen LogP contribution in [-0.2, 0) is 4.79 Å². The molecule has 2 rings (SSSR count). The molecule has 0 aromatic carbocycles. The molecule has 1 amide bonds. The topological polar surface area (TPSA) is 103 Å². The van der Waals surface area contributed by atoms with E-state index in [0.29, 0.717) is 5.82 Å². The second-order valence-electron chi connectivity index (χ2n) is 4.27. The van der Waals surface area contributed by atoms with Gasteiger partial charge in [-0.2, -0.15) is 5.10 Å². The van der Waals surface area contributed by atoms with Crippen molar-refractivity contribution in [2.45, 2.75) is 19.9 Å². The number of anilines is 1. The molecule has 0 saturated carbocycles. The predicted octanol–water partition coefficient (Wildman–Crippen LogP) is 1.69. The van der Waals surface area contributed by atoms with Crippen molar-refractivity contribution in [2.75, 3.05) is 5.32 Å². The van der Waals surface area contributed by atoms with Gasteiger partial charge in [0.15, 0.2) is 0 Å². The molecule has 104 valence electrons. The first-order chi connectivity index (χ1) is 9.49. The molecule has 20 heavy (non-hydrogen) atoms. The van der Waals surface area contributed by atoms with Gasteiger partial charge in [-0.3, -0.25) is 19.6 Å². The number of carbonyl (C=O) groups is 1. The van der Waals surface area contributed by atoms with E-state index < -0.39 is 11.0 Å². The molecule has 1 atom stereocenters. The highest BCUT2D eigenvalue weighted by atomic mass is 16.6. The van der Waals surface area contributed by atoms with E-state index in [4.69, 9.17) is 0 Å². The molecule has 2 heterocycles. The van der Waals surface area contributed by atoms with Crippen molar-refractivity contribution >= 4 is 17.4 Å². The molecular formula is C12H13N5O3. The third-order valence-electron chi connectivity index (χ3n) is 2.83. The number of rotatable bonds is 4. The number of aryl methyl sites for hydroxylation is 1. The first kappa shape index (κ1) is 13.7. The average molecular weight is 275 g/mol. The Morgan fingerprint density at radius 2 is 2.30 bits per heavy atom. The number of nitro groups is 1. The summed E-state index contributed by atoms with van der Waals surface area (Å²) in [5.41, 5.74) is 0.679. The second kappa shape index (κ2) is 5.47. The molecule has 1 N–H and O–H groups in total. The van der Waals surface area contributed by atoms with Crippen LogP contribution in [0.25, 0.3) is 0 Å². The minimum absolute atomic E-state index is 0.154. The van der Waals surface area contributed by atoms with E-state index in [1.165, 1.54) is 10.9 Å². The molecule has 0 spiro atoms. The largest absolute Gasteiger partial charge is 0.309 e. The number of nitrogens with zero attached hydrogens (tertiary/aromatic N) is 4. The Labute approximate surface area is 114 Å². The van der Waals surface area contributed by atoms with Crippen molar-refractivity contribution in [3.05, 3.63) is 46.4 Å². The fourth-order valence-corrected chi connectivity index (χ4v) is 1.59. The third-order valence-corrected chi connectivity index (χ3v) is 2.83. The Balaban J connectivity index is 2.12. The minimum Gasteiger partial charge on any atom is -0.309 e. The Morgan fingerprint density at radius 1 is 1.55 bits per heavy atom. The van der Waals surface area contributed by atoms with Gasteiger partial charge in [-0.05, 0) is 25.5 Å². The monoisotopic (exact) mass is 275 g/mol. The summed E-state index contributed by atoms with van der Waals surface area (Å²) in [5, 5.41) is 17.1. The van der Waals surface area contributed by atoms with E-state index in [1.54, 1.807) is 19.2 Å². The maximum absolute atomic E-state index is 12.1. The summed E-state index contributed by atoms with van der Waals surface area (Å²) < 4.78 is 1.24. The molecule has 8 heteroatoms. The summed E-state index contributed by atoms with van der Waals surface area (Å²) in [6.45, 7) is 3.43. The molecule has 0 bridgehead atoms. The summed E-state index contributed by atoms with van der Waals surface area (Å²) in [6, 6.07) is 2.92. The van der Waals surface area contributed by atoms with Gasteiger partial charge < -0.3 is 5.32 Å². The van der Waals surface area contributed by atoms with Gasteiger partial charge in [-0.1, -0.05) is 6.07 Å². The van der Waals surface area contributed by atoms with Crippen molar-refractivity contribution in [2.24, 2.45) is 0 Å². The van der Waals surface area contributed by atoms with Crippen LogP contribution in [0.2, 0.25) is 0 Å². The standard InChI is InChI=1S/C12H13N5O3/c1-8-4-3-5-13-11(8)15-12(18)9(2)16-7-10(6-14-16)17(19)20/h3-7,9H,1-2H3,(H,13,15,18)/t9-/m0/s1. The van der Waals surface area contributed by atoms with Gasteiger partial charge in [0.25, 0.3) is 0 Å². The lowest BCUT2D eigenvalue weighted by molar-refractivity contribution is -0.385. The first-order valence-electron chi connectivity index (χ1n) is 5.90. The molecule has 0 unspecified atom stereocenters. The highest BCUT2D eigenvalue weighted by molar-refractivity contribution is 5.93. The lowest BCUT2D eigenvalue weighted by Crippen LogP contribution is -2.24. The molecule has 2 aromatic heterocycles. The number of hydrogen-bond donors (Lipinski definition) is 1. The smallest absolute Gasteiger partial charge is 0.307 e. The van der Waals surface area contributed by atoms with E-state index in [9.17, 15) is 14.9 Å². The van der Waals surface area contributed by atoms with E-state index in [0.717, 1.165) is 11.8 Å². The number of aromatic nitrogens is 3. The summed E-state index contributed by atoms with van der Waals surface area (Å²) in [4.78, 5) is 26.1. The molecular weight excluding hydrogens is 262 g/mol. The molecule has 0 radical (unpaired) electrons. The van der Waals surface area contributed by atoms with Gasteiger partial charge in [0.1, 0.15) is 24.3 Å². The highest BCUT2D eigenvalue weighted by Crippen LogP contribution is 2.15. The molecule has 0 fully saturated rings. The van der Waals surface area contributed by atoms with E-state index in [-0.39, 0.29) is 11.6 Å². The molecule has 8 nitrogen and oxygen atoms in total. The van der Waals surface area contributed by atoms with Crippen LogP contribution < -0.4 is 5.32 Å². The summed E-state index contributed by atoms with van der Waals surface area (Å²) >= 11 is 0. The van der Waals surface area contributed by atoms with Gasteiger partial charge >= 0.3 is 5.69 Å². The van der Waals surface area contributed by atoms with Gasteiger partial charge in [0, 0.05) is 6.20 Å². The van der Waals surface area contributed by atoms with Crippen LogP contribution in [0.4, 0.5) is 11.5 Å². The number of amides is 1. The number of hydrogen-bond acceptors (Lipinski definition) is 5. The van der Waals surface area contributed by atoms with Crippen LogP contribution in [0.3, 0.4) is 0 Å². The lowest BCUT2D eigenvalue weighted by atomic mass is 10.2. The average Bonchev–Trinajstić information content (AvgIpc) is 2.90. The Kier molecular flexibility index (Phi) is 3.74. The third kappa shape index (κ3) is 2.79. The normalized spacial score (nSPS) is 11.9. The van der Waals surface area contributed by atoms with Gasteiger partial charge in [-0.15, -0.1) is 0 Å². The van der Waals surface area contributed by atoms with Gasteiger partial charge in [0.05, 0.1) is 4.92 Å². The van der Waals surface area contributed by atoms with E-state index in [2.05, 4.69) is 15.4 Å². The predicted molar refractivity (Wildman–Crippen MR) is 71.2 cm³/mol. The maximum Gasteiger partial charge on any atom is 0.307 e. The van der Waals surface area contributed by atoms with Crippen LogP contribution in [0.5, 0.6) is 0 Å².